The summed E-state index contributed by atoms with van der Waals surface area (Å²) in [6.45, 7) is 3.39. The van der Waals surface area contributed by atoms with Crippen molar-refractivity contribution in [1.29, 1.82) is 0 Å². The largest absolute Gasteiger partial charge is 0.494 e. The molecule has 1 aliphatic heterocycles. The van der Waals surface area contributed by atoms with Gasteiger partial charge in [-0.15, -0.1) is 0 Å². The zero-order valence-corrected chi connectivity index (χ0v) is 15.4. The molecule has 3 rings (SSSR count). The Hall–Kier alpha value is -3.02. The normalized spacial score (nSPS) is 13.5. The molecule has 0 radical (unpaired) electrons. The van der Waals surface area contributed by atoms with Crippen molar-refractivity contribution in [2.45, 2.75) is 26.2 Å². The highest BCUT2D eigenvalue weighted by atomic mass is 16.5. The van der Waals surface area contributed by atoms with Crippen molar-refractivity contribution in [3.05, 3.63) is 48.5 Å². The number of amides is 2. The molecule has 0 aromatic heterocycles. The molecule has 142 valence electrons. The summed E-state index contributed by atoms with van der Waals surface area (Å²) in [5.74, 6) is 1.29. The zero-order valence-electron chi connectivity index (χ0n) is 15.4. The fourth-order valence-corrected chi connectivity index (χ4v) is 2.84. The van der Waals surface area contributed by atoms with E-state index in [2.05, 4.69) is 12.2 Å². The van der Waals surface area contributed by atoms with Crippen LogP contribution in [0.1, 0.15) is 26.2 Å². The van der Waals surface area contributed by atoms with Crippen LogP contribution < -0.4 is 19.7 Å². The minimum Gasteiger partial charge on any atom is -0.494 e. The maximum absolute atomic E-state index is 12.1. The monoisotopic (exact) mass is 368 g/mol. The lowest BCUT2D eigenvalue weighted by Crippen LogP contribution is -2.23. The minimum atomic E-state index is -0.244. The lowest BCUT2D eigenvalue weighted by molar-refractivity contribution is -0.118. The number of carbonyl (C=O) groups excluding carboxylic acids is 2. The van der Waals surface area contributed by atoms with Gasteiger partial charge in [0.25, 0.3) is 5.91 Å². The second-order valence-electron chi connectivity index (χ2n) is 6.35. The first-order valence-corrected chi connectivity index (χ1v) is 9.21. The van der Waals surface area contributed by atoms with Gasteiger partial charge in [0.15, 0.2) is 6.61 Å². The van der Waals surface area contributed by atoms with Gasteiger partial charge < -0.3 is 19.7 Å². The molecule has 1 fully saturated rings. The standard InChI is InChI=1S/C21H24N2O4/c1-2-14-26-18-9-11-19(12-10-18)27-15-20(24)22-16-5-7-17(8-6-16)23-13-3-4-21(23)25/h5-12H,2-4,13-15H2,1H3,(H,22,24). The Morgan fingerprint density at radius 1 is 1.04 bits per heavy atom. The van der Waals surface area contributed by atoms with Gasteiger partial charge in [0, 0.05) is 24.3 Å². The Balaban J connectivity index is 1.47. The fourth-order valence-electron chi connectivity index (χ4n) is 2.84. The predicted octanol–water partition coefficient (Wildman–Crippen LogP) is 3.62. The van der Waals surface area contributed by atoms with Gasteiger partial charge in [-0.2, -0.15) is 0 Å². The van der Waals surface area contributed by atoms with Crippen LogP contribution in [0.5, 0.6) is 11.5 Å². The SMILES string of the molecule is CCCOc1ccc(OCC(=O)Nc2ccc(N3CCCC3=O)cc2)cc1. The number of benzene rings is 2. The maximum Gasteiger partial charge on any atom is 0.262 e. The Labute approximate surface area is 159 Å². The van der Waals surface area contributed by atoms with Crippen LogP contribution in [0.2, 0.25) is 0 Å². The lowest BCUT2D eigenvalue weighted by Gasteiger charge is -2.16. The number of anilines is 2. The molecule has 0 saturated carbocycles. The summed E-state index contributed by atoms with van der Waals surface area (Å²) in [4.78, 5) is 25.6. The maximum atomic E-state index is 12.1. The number of nitrogens with one attached hydrogen (secondary N) is 1. The van der Waals surface area contributed by atoms with E-state index in [0.29, 0.717) is 24.5 Å². The zero-order chi connectivity index (χ0) is 19.1. The van der Waals surface area contributed by atoms with Gasteiger partial charge in [0.2, 0.25) is 5.91 Å². The van der Waals surface area contributed by atoms with Crippen molar-refractivity contribution in [2.75, 3.05) is 30.0 Å². The van der Waals surface area contributed by atoms with Crippen molar-refractivity contribution in [1.82, 2.24) is 0 Å². The molecule has 2 aromatic rings. The number of nitrogens with zero attached hydrogens (tertiary/aromatic N) is 1. The van der Waals surface area contributed by atoms with E-state index in [1.165, 1.54) is 0 Å². The van der Waals surface area contributed by atoms with Crippen molar-refractivity contribution < 1.29 is 19.1 Å². The van der Waals surface area contributed by atoms with E-state index in [0.717, 1.165) is 30.8 Å². The Morgan fingerprint density at radius 3 is 2.30 bits per heavy atom. The molecular formula is C21H24N2O4. The molecule has 2 aromatic carbocycles. The molecule has 2 amide bonds. The smallest absolute Gasteiger partial charge is 0.262 e. The van der Waals surface area contributed by atoms with Crippen LogP contribution in [0, 0.1) is 0 Å². The van der Waals surface area contributed by atoms with Crippen LogP contribution >= 0.6 is 0 Å². The third-order valence-corrected chi connectivity index (χ3v) is 4.20. The molecule has 0 atom stereocenters. The summed E-state index contributed by atoms with van der Waals surface area (Å²) in [5, 5.41) is 2.79. The van der Waals surface area contributed by atoms with Crippen molar-refractivity contribution in [3.8, 4) is 11.5 Å². The molecule has 0 bridgehead atoms. The molecule has 1 saturated heterocycles. The molecule has 6 heteroatoms. The Morgan fingerprint density at radius 2 is 1.70 bits per heavy atom. The number of rotatable bonds is 8. The Bertz CT molecular complexity index is 772. The van der Waals surface area contributed by atoms with Gasteiger partial charge >= 0.3 is 0 Å². The first-order valence-electron chi connectivity index (χ1n) is 9.21. The average Bonchev–Trinajstić information content (AvgIpc) is 3.12. The van der Waals surface area contributed by atoms with Crippen LogP contribution in [0.3, 0.4) is 0 Å². The van der Waals surface area contributed by atoms with Gasteiger partial charge in [0.05, 0.1) is 6.61 Å². The molecule has 0 aliphatic carbocycles. The number of hydrogen-bond acceptors (Lipinski definition) is 4. The Kier molecular flexibility index (Phi) is 6.30. The first-order chi connectivity index (χ1) is 13.2. The van der Waals surface area contributed by atoms with Crippen LogP contribution in [-0.4, -0.2) is 31.6 Å². The summed E-state index contributed by atoms with van der Waals surface area (Å²) in [6.07, 6.45) is 2.44. The van der Waals surface area contributed by atoms with E-state index >= 15 is 0 Å². The topological polar surface area (TPSA) is 67.9 Å². The molecular weight excluding hydrogens is 344 g/mol. The van der Waals surface area contributed by atoms with Crippen LogP contribution in [0.25, 0.3) is 0 Å². The summed E-state index contributed by atoms with van der Waals surface area (Å²) in [7, 11) is 0. The minimum absolute atomic E-state index is 0.0818. The van der Waals surface area contributed by atoms with Gasteiger partial charge in [0.1, 0.15) is 11.5 Å². The molecule has 6 nitrogen and oxygen atoms in total. The molecule has 1 aliphatic rings. The highest BCUT2D eigenvalue weighted by molar-refractivity contribution is 5.96. The van der Waals surface area contributed by atoms with Gasteiger partial charge in [-0.1, -0.05) is 6.92 Å². The highest BCUT2D eigenvalue weighted by Crippen LogP contribution is 2.23. The van der Waals surface area contributed by atoms with Gasteiger partial charge in [-0.3, -0.25) is 9.59 Å². The molecule has 1 heterocycles. The van der Waals surface area contributed by atoms with Gasteiger partial charge in [-0.05, 0) is 61.4 Å². The number of ether oxygens (including phenoxy) is 2. The van der Waals surface area contributed by atoms with Crippen molar-refractivity contribution in [2.24, 2.45) is 0 Å². The van der Waals surface area contributed by atoms with Crippen LogP contribution in [0.15, 0.2) is 48.5 Å². The molecule has 27 heavy (non-hydrogen) atoms. The van der Waals surface area contributed by atoms with Crippen LogP contribution in [0.4, 0.5) is 11.4 Å². The molecule has 0 unspecified atom stereocenters. The quantitative estimate of drug-likeness (QED) is 0.773. The van der Waals surface area contributed by atoms with Crippen molar-refractivity contribution >= 4 is 23.2 Å². The van der Waals surface area contributed by atoms with E-state index < -0.39 is 0 Å². The van der Waals surface area contributed by atoms with E-state index in [-0.39, 0.29) is 18.4 Å². The highest BCUT2D eigenvalue weighted by Gasteiger charge is 2.21. The summed E-state index contributed by atoms with van der Waals surface area (Å²) in [6, 6.07) is 14.5. The second-order valence-corrected chi connectivity index (χ2v) is 6.35. The number of hydrogen-bond donors (Lipinski definition) is 1. The third-order valence-electron chi connectivity index (χ3n) is 4.20. The van der Waals surface area contributed by atoms with E-state index in [4.69, 9.17) is 9.47 Å². The predicted molar refractivity (Wildman–Crippen MR) is 104 cm³/mol. The first kappa shape index (κ1) is 18.8. The molecule has 1 N–H and O–H groups in total. The number of carbonyl (C=O) groups is 2. The fraction of sp³-hybridized carbons (Fsp3) is 0.333. The van der Waals surface area contributed by atoms with E-state index in [9.17, 15) is 9.59 Å². The summed E-state index contributed by atoms with van der Waals surface area (Å²) in [5.41, 5.74) is 1.53. The van der Waals surface area contributed by atoms with E-state index in [1.807, 2.05) is 24.3 Å². The van der Waals surface area contributed by atoms with Crippen molar-refractivity contribution in [3.63, 3.8) is 0 Å². The lowest BCUT2D eigenvalue weighted by atomic mass is 10.2. The van der Waals surface area contributed by atoms with Crippen LogP contribution in [-0.2, 0) is 9.59 Å². The molecule has 0 spiro atoms. The summed E-state index contributed by atoms with van der Waals surface area (Å²) >= 11 is 0. The van der Waals surface area contributed by atoms with E-state index in [1.54, 1.807) is 29.2 Å². The summed E-state index contributed by atoms with van der Waals surface area (Å²) < 4.78 is 11.0. The average molecular weight is 368 g/mol. The second kappa shape index (κ2) is 9.07. The third kappa shape index (κ3) is 5.23. The van der Waals surface area contributed by atoms with Gasteiger partial charge in [-0.25, -0.2) is 0 Å².